The van der Waals surface area contributed by atoms with Crippen LogP contribution in [0.4, 0.5) is 0 Å². The largest absolute Gasteiger partial charge is 0.491 e. The maximum atomic E-state index is 12.6. The molecular weight excluding hydrogens is 338 g/mol. The molecule has 0 aromatic heterocycles. The van der Waals surface area contributed by atoms with E-state index in [0.29, 0.717) is 6.54 Å². The highest BCUT2D eigenvalue weighted by atomic mass is 16.5. The number of hydrogen-bond acceptors (Lipinski definition) is 4. The van der Waals surface area contributed by atoms with Gasteiger partial charge >= 0.3 is 0 Å². The van der Waals surface area contributed by atoms with Crippen LogP contribution in [0.25, 0.3) is 0 Å². The number of aliphatic hydroxyl groups excluding tert-OH is 1. The van der Waals surface area contributed by atoms with E-state index >= 15 is 0 Å². The van der Waals surface area contributed by atoms with Gasteiger partial charge in [0.1, 0.15) is 18.5 Å². The van der Waals surface area contributed by atoms with E-state index in [-0.39, 0.29) is 18.3 Å². The summed E-state index contributed by atoms with van der Waals surface area (Å²) >= 11 is 0. The summed E-state index contributed by atoms with van der Waals surface area (Å²) in [5, 5.41) is 10.3. The van der Waals surface area contributed by atoms with E-state index in [9.17, 15) is 9.90 Å². The first kappa shape index (κ1) is 19.6. The van der Waals surface area contributed by atoms with Crippen molar-refractivity contribution >= 4 is 5.78 Å². The fraction of sp³-hybridized carbons (Fsp3) is 0.435. The summed E-state index contributed by atoms with van der Waals surface area (Å²) in [4.78, 5) is 14.8. The van der Waals surface area contributed by atoms with Crippen LogP contribution in [0.3, 0.4) is 0 Å². The van der Waals surface area contributed by atoms with Gasteiger partial charge in [-0.25, -0.2) is 0 Å². The van der Waals surface area contributed by atoms with E-state index in [4.69, 9.17) is 4.74 Å². The Morgan fingerprint density at radius 1 is 1.15 bits per heavy atom. The van der Waals surface area contributed by atoms with Gasteiger partial charge in [0.2, 0.25) is 0 Å². The van der Waals surface area contributed by atoms with Crippen molar-refractivity contribution in [3.05, 3.63) is 65.2 Å². The minimum absolute atomic E-state index is 0.0898. The predicted molar refractivity (Wildman–Crippen MR) is 107 cm³/mol. The van der Waals surface area contributed by atoms with Gasteiger partial charge in [-0.1, -0.05) is 42.5 Å². The fourth-order valence-corrected chi connectivity index (χ4v) is 3.62. The molecule has 4 heteroatoms. The topological polar surface area (TPSA) is 49.8 Å². The molecule has 1 heterocycles. The van der Waals surface area contributed by atoms with E-state index in [1.165, 1.54) is 0 Å². The van der Waals surface area contributed by atoms with Crippen LogP contribution in [-0.2, 0) is 0 Å². The number of aliphatic hydroxyl groups is 1. The first-order valence-corrected chi connectivity index (χ1v) is 9.72. The number of Topliss-reactive ketones (excluding diaryl/α,β-unsaturated/α-hetero) is 1. The number of likely N-dealkylation sites (tertiary alicyclic amines) is 1. The average Bonchev–Trinajstić information content (AvgIpc) is 2.69. The number of ketones is 1. The summed E-state index contributed by atoms with van der Waals surface area (Å²) in [7, 11) is 0. The van der Waals surface area contributed by atoms with Crippen LogP contribution in [0.5, 0.6) is 5.75 Å². The number of carbonyl (C=O) groups excluding carboxylic acids is 1. The average molecular weight is 367 g/mol. The smallest absolute Gasteiger partial charge is 0.166 e. The lowest BCUT2D eigenvalue weighted by atomic mass is 9.89. The normalized spacial score (nSPS) is 16.9. The van der Waals surface area contributed by atoms with E-state index in [0.717, 1.165) is 48.4 Å². The Hall–Kier alpha value is -2.17. The second kappa shape index (κ2) is 9.16. The Balaban J connectivity index is 1.43. The molecule has 0 amide bonds. The van der Waals surface area contributed by atoms with E-state index in [2.05, 4.69) is 11.0 Å². The van der Waals surface area contributed by atoms with Gasteiger partial charge in [-0.15, -0.1) is 0 Å². The second-order valence-corrected chi connectivity index (χ2v) is 7.54. The zero-order valence-corrected chi connectivity index (χ0v) is 16.2. The summed E-state index contributed by atoms with van der Waals surface area (Å²) in [6, 6.07) is 15.6. The third kappa shape index (κ3) is 5.41. The Morgan fingerprint density at radius 3 is 2.56 bits per heavy atom. The van der Waals surface area contributed by atoms with Crippen LogP contribution in [0.1, 0.15) is 34.3 Å². The van der Waals surface area contributed by atoms with Crippen LogP contribution < -0.4 is 4.74 Å². The lowest BCUT2D eigenvalue weighted by molar-refractivity contribution is 0.0522. The van der Waals surface area contributed by atoms with Crippen molar-refractivity contribution in [2.45, 2.75) is 32.8 Å². The Morgan fingerprint density at radius 2 is 1.85 bits per heavy atom. The minimum atomic E-state index is -0.536. The molecule has 1 saturated heterocycles. The molecule has 0 spiro atoms. The third-order valence-corrected chi connectivity index (χ3v) is 5.26. The molecule has 1 atom stereocenters. The van der Waals surface area contributed by atoms with Crippen LogP contribution in [0.15, 0.2) is 48.5 Å². The molecule has 1 aliphatic rings. The number of carbonyl (C=O) groups is 1. The lowest BCUT2D eigenvalue weighted by Gasteiger charge is -2.32. The molecule has 0 aliphatic carbocycles. The molecule has 144 valence electrons. The number of β-amino-alcohol motifs (C(OH)–C–C–N with tert-alkyl or cyclic N) is 1. The summed E-state index contributed by atoms with van der Waals surface area (Å²) in [6.07, 6.45) is 1.16. The molecule has 1 unspecified atom stereocenters. The van der Waals surface area contributed by atoms with Gasteiger partial charge in [-0.3, -0.25) is 4.79 Å². The van der Waals surface area contributed by atoms with Gasteiger partial charge < -0.3 is 14.7 Å². The molecule has 3 rings (SSSR count). The Kier molecular flexibility index (Phi) is 6.64. The number of benzene rings is 2. The van der Waals surface area contributed by atoms with Crippen LogP contribution >= 0.6 is 0 Å². The van der Waals surface area contributed by atoms with Gasteiger partial charge in [0, 0.05) is 18.0 Å². The number of piperidine rings is 1. The first-order chi connectivity index (χ1) is 13.0. The quantitative estimate of drug-likeness (QED) is 0.759. The van der Waals surface area contributed by atoms with Crippen molar-refractivity contribution in [1.29, 1.82) is 0 Å². The maximum Gasteiger partial charge on any atom is 0.166 e. The van der Waals surface area contributed by atoms with Gasteiger partial charge in [-0.05, 0) is 57.0 Å². The molecule has 1 N–H and O–H groups in total. The second-order valence-electron chi connectivity index (χ2n) is 7.54. The van der Waals surface area contributed by atoms with Crippen LogP contribution in [0, 0.1) is 19.8 Å². The van der Waals surface area contributed by atoms with E-state index in [1.54, 1.807) is 0 Å². The molecule has 27 heavy (non-hydrogen) atoms. The Labute approximate surface area is 161 Å². The first-order valence-electron chi connectivity index (χ1n) is 9.72. The monoisotopic (exact) mass is 367 g/mol. The van der Waals surface area contributed by atoms with E-state index in [1.807, 2.05) is 56.3 Å². The van der Waals surface area contributed by atoms with Crippen molar-refractivity contribution in [3.8, 4) is 5.75 Å². The molecule has 4 nitrogen and oxygen atoms in total. The molecular formula is C23H29NO3. The van der Waals surface area contributed by atoms with Gasteiger partial charge in [0.15, 0.2) is 5.78 Å². The predicted octanol–water partition coefficient (Wildman–Crippen LogP) is 3.64. The van der Waals surface area contributed by atoms with Crippen molar-refractivity contribution in [2.24, 2.45) is 5.92 Å². The van der Waals surface area contributed by atoms with E-state index < -0.39 is 6.10 Å². The number of nitrogens with zero attached hydrogens (tertiary/aromatic N) is 1. The zero-order valence-electron chi connectivity index (χ0n) is 16.2. The fourth-order valence-electron chi connectivity index (χ4n) is 3.62. The van der Waals surface area contributed by atoms with Gasteiger partial charge in [0.05, 0.1) is 0 Å². The minimum Gasteiger partial charge on any atom is -0.491 e. The number of ether oxygens (including phenoxy) is 1. The summed E-state index contributed by atoms with van der Waals surface area (Å²) < 4.78 is 5.81. The zero-order chi connectivity index (χ0) is 19.2. The highest BCUT2D eigenvalue weighted by Crippen LogP contribution is 2.22. The molecule has 2 aromatic rings. The van der Waals surface area contributed by atoms with Gasteiger partial charge in [-0.2, -0.15) is 0 Å². The summed E-state index contributed by atoms with van der Waals surface area (Å²) in [5.41, 5.74) is 3.03. The molecule has 0 saturated carbocycles. The Bertz CT molecular complexity index is 751. The molecule has 2 aromatic carbocycles. The molecule has 1 fully saturated rings. The molecule has 1 aliphatic heterocycles. The van der Waals surface area contributed by atoms with Crippen molar-refractivity contribution < 1.29 is 14.6 Å². The number of rotatable bonds is 7. The number of aryl methyl sites for hydroxylation is 2. The lowest BCUT2D eigenvalue weighted by Crippen LogP contribution is -2.42. The summed E-state index contributed by atoms with van der Waals surface area (Å²) in [5.74, 6) is 1.17. The third-order valence-electron chi connectivity index (χ3n) is 5.26. The standard InChI is InChI=1S/C23H29NO3/c1-17-8-9-18(2)22(14-17)27-16-21(25)15-24-12-10-20(11-13-24)23(26)19-6-4-3-5-7-19/h3-9,14,20-21,25H,10-13,15-16H2,1-2H3. The molecule has 0 radical (unpaired) electrons. The van der Waals surface area contributed by atoms with Crippen LogP contribution in [0.2, 0.25) is 0 Å². The maximum absolute atomic E-state index is 12.6. The van der Waals surface area contributed by atoms with Gasteiger partial charge in [0.25, 0.3) is 0 Å². The number of hydrogen-bond donors (Lipinski definition) is 1. The molecule has 0 bridgehead atoms. The highest BCUT2D eigenvalue weighted by Gasteiger charge is 2.26. The van der Waals surface area contributed by atoms with Crippen molar-refractivity contribution in [3.63, 3.8) is 0 Å². The summed E-state index contributed by atoms with van der Waals surface area (Å²) in [6.45, 7) is 6.58. The van der Waals surface area contributed by atoms with Crippen molar-refractivity contribution in [1.82, 2.24) is 4.90 Å². The highest BCUT2D eigenvalue weighted by molar-refractivity contribution is 5.97. The van der Waals surface area contributed by atoms with Crippen LogP contribution in [-0.4, -0.2) is 48.1 Å². The SMILES string of the molecule is Cc1ccc(C)c(OCC(O)CN2CCC(C(=O)c3ccccc3)CC2)c1. The van der Waals surface area contributed by atoms with Crippen molar-refractivity contribution in [2.75, 3.05) is 26.2 Å².